The van der Waals surface area contributed by atoms with Gasteiger partial charge in [-0.15, -0.1) is 0 Å². The Balaban J connectivity index is 1.80. The van der Waals surface area contributed by atoms with Crippen molar-refractivity contribution in [1.82, 2.24) is 4.57 Å². The zero-order valence-corrected chi connectivity index (χ0v) is 16.7. The number of hydrogen-bond donors (Lipinski definition) is 4. The monoisotopic (exact) mass is 431 g/mol. The summed E-state index contributed by atoms with van der Waals surface area (Å²) in [7, 11) is 0. The summed E-state index contributed by atoms with van der Waals surface area (Å²) in [4.78, 5) is 21.8. The number of aliphatic hydroxyl groups excluding tert-OH is 1. The number of aromatic nitrogens is 1. The molecule has 0 saturated heterocycles. The Kier molecular flexibility index (Phi) is 7.71. The molecule has 2 aromatic rings. The first-order valence-corrected chi connectivity index (χ1v) is 9.67. The smallest absolute Gasteiger partial charge is 0.336 e. The van der Waals surface area contributed by atoms with Crippen molar-refractivity contribution in [3.63, 3.8) is 0 Å². The first-order chi connectivity index (χ1) is 13.1. The second-order valence-corrected chi connectivity index (χ2v) is 7.79. The van der Waals surface area contributed by atoms with E-state index in [9.17, 15) is 19.8 Å². The molecule has 0 spiro atoms. The molecule has 0 fully saturated rings. The van der Waals surface area contributed by atoms with Gasteiger partial charge >= 0.3 is 11.9 Å². The Bertz CT molecular complexity index is 852. The Morgan fingerprint density at radius 2 is 1.86 bits per heavy atom. The maximum atomic E-state index is 11.1. The summed E-state index contributed by atoms with van der Waals surface area (Å²) in [5.74, 6) is -3.08. The fourth-order valence-electron chi connectivity index (χ4n) is 3.26. The fraction of sp³-hybridized carbons (Fsp3) is 0.474. The van der Waals surface area contributed by atoms with Gasteiger partial charge in [-0.05, 0) is 31.0 Å². The van der Waals surface area contributed by atoms with Crippen LogP contribution < -0.4 is 0 Å². The van der Waals surface area contributed by atoms with Gasteiger partial charge < -0.3 is 25.0 Å². The highest BCUT2D eigenvalue weighted by molar-refractivity contribution is 6.38. The third kappa shape index (κ3) is 5.85. The first-order valence-electron chi connectivity index (χ1n) is 8.92. The molecule has 2 atom stereocenters. The number of halogens is 2. The van der Waals surface area contributed by atoms with Gasteiger partial charge in [-0.25, -0.2) is 4.79 Å². The van der Waals surface area contributed by atoms with Crippen LogP contribution in [-0.2, 0) is 16.1 Å². The summed E-state index contributed by atoms with van der Waals surface area (Å²) in [5.41, 5.74) is -1.56. The van der Waals surface area contributed by atoms with Crippen molar-refractivity contribution in [2.75, 3.05) is 0 Å². The number of hydrogen-bond acceptors (Lipinski definition) is 4. The standard InChI is InChI=1S/C19H23Cl2NO6/c20-13-8-12-5-7-22(17(12)15(21)9-13)6-3-1-2-4-14(23)10-19(28,18(26)27)11-16(24)25/h5,7-9,14,23,28H,1-4,6,10-11H2,(H,24,25)(H,26,27)/t14-,19+/m0/s1. The number of carbonyl (C=O) groups is 2. The van der Waals surface area contributed by atoms with E-state index in [0.717, 1.165) is 30.3 Å². The number of aliphatic hydroxyl groups is 2. The second kappa shape index (κ2) is 9.60. The number of rotatable bonds is 11. The molecule has 0 amide bonds. The summed E-state index contributed by atoms with van der Waals surface area (Å²) in [6.45, 7) is 0.721. The topological polar surface area (TPSA) is 120 Å². The van der Waals surface area contributed by atoms with Crippen LogP contribution in [0.3, 0.4) is 0 Å². The minimum absolute atomic E-state index is 0.276. The maximum Gasteiger partial charge on any atom is 0.336 e. The van der Waals surface area contributed by atoms with Crippen LogP contribution in [0.1, 0.15) is 38.5 Å². The molecule has 1 aromatic heterocycles. The van der Waals surface area contributed by atoms with Crippen molar-refractivity contribution in [2.45, 2.75) is 56.8 Å². The lowest BCUT2D eigenvalue weighted by Gasteiger charge is -2.24. The Hall–Kier alpha value is -1.80. The van der Waals surface area contributed by atoms with Crippen molar-refractivity contribution in [2.24, 2.45) is 0 Å². The lowest BCUT2D eigenvalue weighted by molar-refractivity contribution is -0.168. The average Bonchev–Trinajstić information content (AvgIpc) is 2.96. The predicted molar refractivity (Wildman–Crippen MR) is 106 cm³/mol. The van der Waals surface area contributed by atoms with Gasteiger partial charge in [0, 0.05) is 29.6 Å². The van der Waals surface area contributed by atoms with E-state index in [0.29, 0.717) is 16.5 Å². The van der Waals surface area contributed by atoms with E-state index >= 15 is 0 Å². The summed E-state index contributed by atoms with van der Waals surface area (Å²) < 4.78 is 2.03. The van der Waals surface area contributed by atoms with Gasteiger partial charge in [-0.3, -0.25) is 4.79 Å². The molecular formula is C19H23Cl2NO6. The van der Waals surface area contributed by atoms with Gasteiger partial charge in [0.05, 0.1) is 23.1 Å². The van der Waals surface area contributed by atoms with E-state index in [2.05, 4.69) is 0 Å². The third-order valence-electron chi connectivity index (χ3n) is 4.63. The molecule has 4 N–H and O–H groups in total. The van der Waals surface area contributed by atoms with Gasteiger partial charge in [-0.1, -0.05) is 36.0 Å². The van der Waals surface area contributed by atoms with Crippen molar-refractivity contribution < 1.29 is 30.0 Å². The number of carboxylic acids is 2. The van der Waals surface area contributed by atoms with Crippen molar-refractivity contribution in [3.05, 3.63) is 34.4 Å². The van der Waals surface area contributed by atoms with Gasteiger partial charge in [0.25, 0.3) is 0 Å². The van der Waals surface area contributed by atoms with E-state index < -0.39 is 36.5 Å². The summed E-state index contributed by atoms with van der Waals surface area (Å²) >= 11 is 12.3. The lowest BCUT2D eigenvalue weighted by atomic mass is 9.90. The second-order valence-electron chi connectivity index (χ2n) is 6.95. The van der Waals surface area contributed by atoms with Crippen molar-refractivity contribution in [1.29, 1.82) is 0 Å². The molecule has 28 heavy (non-hydrogen) atoms. The molecule has 2 rings (SSSR count). The lowest BCUT2D eigenvalue weighted by Crippen LogP contribution is -2.43. The quantitative estimate of drug-likeness (QED) is 0.403. The van der Waals surface area contributed by atoms with Crippen LogP contribution in [0.2, 0.25) is 10.0 Å². The van der Waals surface area contributed by atoms with Gasteiger partial charge in [0.2, 0.25) is 0 Å². The Morgan fingerprint density at radius 1 is 1.14 bits per heavy atom. The summed E-state index contributed by atoms with van der Waals surface area (Å²) in [5, 5.41) is 39.8. The molecule has 0 aliphatic rings. The number of nitrogens with zero attached hydrogens (tertiary/aromatic N) is 1. The zero-order valence-electron chi connectivity index (χ0n) is 15.1. The molecule has 9 heteroatoms. The summed E-state index contributed by atoms with van der Waals surface area (Å²) in [6, 6.07) is 5.47. The van der Waals surface area contributed by atoms with E-state index in [1.165, 1.54) is 0 Å². The molecule has 0 bridgehead atoms. The molecular weight excluding hydrogens is 409 g/mol. The molecule has 7 nitrogen and oxygen atoms in total. The van der Waals surface area contributed by atoms with Gasteiger partial charge in [0.15, 0.2) is 5.60 Å². The average molecular weight is 432 g/mol. The largest absolute Gasteiger partial charge is 0.481 e. The predicted octanol–water partition coefficient (Wildman–Crippen LogP) is 3.55. The minimum Gasteiger partial charge on any atom is -0.481 e. The number of aryl methyl sites for hydroxylation is 1. The van der Waals surface area contributed by atoms with Crippen LogP contribution in [0.4, 0.5) is 0 Å². The van der Waals surface area contributed by atoms with E-state index in [1.54, 1.807) is 6.07 Å². The van der Waals surface area contributed by atoms with E-state index in [-0.39, 0.29) is 6.42 Å². The zero-order chi connectivity index (χ0) is 20.9. The highest BCUT2D eigenvalue weighted by Crippen LogP contribution is 2.29. The minimum atomic E-state index is -2.46. The van der Waals surface area contributed by atoms with Crippen molar-refractivity contribution in [3.8, 4) is 0 Å². The Labute approximate surface area is 172 Å². The first kappa shape index (κ1) is 22.5. The molecule has 0 unspecified atom stereocenters. The van der Waals surface area contributed by atoms with Crippen LogP contribution in [0.15, 0.2) is 24.4 Å². The van der Waals surface area contributed by atoms with Gasteiger partial charge in [-0.2, -0.15) is 0 Å². The number of aliphatic carboxylic acids is 2. The molecule has 0 aliphatic heterocycles. The van der Waals surface area contributed by atoms with Crippen molar-refractivity contribution >= 4 is 46.0 Å². The maximum absolute atomic E-state index is 11.1. The van der Waals surface area contributed by atoms with Crippen LogP contribution in [0.25, 0.3) is 10.9 Å². The van der Waals surface area contributed by atoms with E-state index in [1.807, 2.05) is 22.9 Å². The third-order valence-corrected chi connectivity index (χ3v) is 5.14. The van der Waals surface area contributed by atoms with Crippen LogP contribution >= 0.6 is 23.2 Å². The number of benzene rings is 1. The highest BCUT2D eigenvalue weighted by Gasteiger charge is 2.40. The molecule has 0 aliphatic carbocycles. The van der Waals surface area contributed by atoms with Gasteiger partial charge in [0.1, 0.15) is 0 Å². The van der Waals surface area contributed by atoms with E-state index in [4.69, 9.17) is 33.4 Å². The molecule has 1 heterocycles. The molecule has 0 radical (unpaired) electrons. The Morgan fingerprint density at radius 3 is 2.50 bits per heavy atom. The van der Waals surface area contributed by atoms with Crippen LogP contribution in [0, 0.1) is 0 Å². The fourth-order valence-corrected chi connectivity index (χ4v) is 3.88. The molecule has 0 saturated carbocycles. The number of carboxylic acid groups (broad SMARTS) is 2. The number of fused-ring (bicyclic) bond motifs is 1. The van der Waals surface area contributed by atoms with Crippen LogP contribution in [-0.4, -0.2) is 48.6 Å². The molecule has 1 aromatic carbocycles. The molecule has 154 valence electrons. The summed E-state index contributed by atoms with van der Waals surface area (Å²) in [6.07, 6.45) is 1.84. The van der Waals surface area contributed by atoms with Crippen LogP contribution in [0.5, 0.6) is 0 Å². The number of unbranched alkanes of at least 4 members (excludes halogenated alkanes) is 2. The SMILES string of the molecule is O=C(O)C[C@](O)(C[C@@H](O)CCCCCn1ccc2cc(Cl)cc(Cl)c21)C(=O)O. The highest BCUT2D eigenvalue weighted by atomic mass is 35.5. The normalized spacial score (nSPS) is 14.7.